The molecule has 134 valence electrons. The Morgan fingerprint density at radius 2 is 2.12 bits per heavy atom. The summed E-state index contributed by atoms with van der Waals surface area (Å²) >= 11 is 0. The van der Waals surface area contributed by atoms with Crippen molar-refractivity contribution >= 4 is 5.82 Å². The maximum atomic E-state index is 5.47. The molecule has 2 fully saturated rings. The SMILES string of the molecule is Cc1nc(NCC(C)(C)N2CCOCC2)cc(C2CCCNC2)n1. The van der Waals surface area contributed by atoms with Gasteiger partial charge < -0.3 is 15.4 Å². The lowest BCUT2D eigenvalue weighted by Crippen LogP contribution is -2.53. The minimum atomic E-state index is 0.0786. The molecular formula is C18H31N5O. The van der Waals surface area contributed by atoms with Crippen molar-refractivity contribution < 1.29 is 4.74 Å². The fraction of sp³-hybridized carbons (Fsp3) is 0.778. The fourth-order valence-electron chi connectivity index (χ4n) is 3.58. The van der Waals surface area contributed by atoms with Crippen LogP contribution in [0.5, 0.6) is 0 Å². The van der Waals surface area contributed by atoms with Crippen LogP contribution in [-0.4, -0.2) is 66.3 Å². The summed E-state index contributed by atoms with van der Waals surface area (Å²) in [5.41, 5.74) is 1.25. The number of aromatic nitrogens is 2. The van der Waals surface area contributed by atoms with Crippen LogP contribution in [0.3, 0.4) is 0 Å². The first-order valence-corrected chi connectivity index (χ1v) is 9.17. The molecule has 0 amide bonds. The molecular weight excluding hydrogens is 302 g/mol. The number of nitrogens with zero attached hydrogens (tertiary/aromatic N) is 3. The van der Waals surface area contributed by atoms with Crippen LogP contribution in [0.1, 0.15) is 44.1 Å². The van der Waals surface area contributed by atoms with Gasteiger partial charge in [0.1, 0.15) is 11.6 Å². The van der Waals surface area contributed by atoms with Gasteiger partial charge in [0.05, 0.1) is 18.9 Å². The van der Waals surface area contributed by atoms with Gasteiger partial charge in [0, 0.05) is 43.7 Å². The summed E-state index contributed by atoms with van der Waals surface area (Å²) in [6, 6.07) is 2.14. The van der Waals surface area contributed by atoms with Crippen LogP contribution in [-0.2, 0) is 4.74 Å². The number of aryl methyl sites for hydroxylation is 1. The van der Waals surface area contributed by atoms with Gasteiger partial charge in [0.2, 0.25) is 0 Å². The zero-order valence-corrected chi connectivity index (χ0v) is 15.3. The number of piperidine rings is 1. The highest BCUT2D eigenvalue weighted by atomic mass is 16.5. The standard InChI is InChI=1S/C18H31N5O/c1-14-21-16(15-5-4-6-19-12-15)11-17(22-14)20-13-18(2,3)23-7-9-24-10-8-23/h11,15,19H,4-10,12-13H2,1-3H3,(H,20,21,22). The van der Waals surface area contributed by atoms with Crippen molar-refractivity contribution in [1.29, 1.82) is 0 Å². The van der Waals surface area contributed by atoms with Gasteiger partial charge in [-0.2, -0.15) is 0 Å². The second-order valence-corrected chi connectivity index (χ2v) is 7.53. The van der Waals surface area contributed by atoms with Crippen molar-refractivity contribution in [2.24, 2.45) is 0 Å². The highest BCUT2D eigenvalue weighted by Crippen LogP contribution is 2.24. The smallest absolute Gasteiger partial charge is 0.129 e. The van der Waals surface area contributed by atoms with Gasteiger partial charge in [-0.3, -0.25) is 4.90 Å². The predicted molar refractivity (Wildman–Crippen MR) is 96.6 cm³/mol. The van der Waals surface area contributed by atoms with Gasteiger partial charge in [-0.05, 0) is 40.2 Å². The number of hydrogen-bond donors (Lipinski definition) is 2. The minimum Gasteiger partial charge on any atom is -0.379 e. The number of morpholine rings is 1. The quantitative estimate of drug-likeness (QED) is 0.856. The second kappa shape index (κ2) is 7.76. The highest BCUT2D eigenvalue weighted by Gasteiger charge is 2.28. The Morgan fingerprint density at radius 1 is 1.33 bits per heavy atom. The number of hydrogen-bond acceptors (Lipinski definition) is 6. The molecule has 0 spiro atoms. The minimum absolute atomic E-state index is 0.0786. The van der Waals surface area contributed by atoms with E-state index in [4.69, 9.17) is 4.74 Å². The van der Waals surface area contributed by atoms with Gasteiger partial charge in [0.25, 0.3) is 0 Å². The highest BCUT2D eigenvalue weighted by molar-refractivity contribution is 5.38. The largest absolute Gasteiger partial charge is 0.379 e. The van der Waals surface area contributed by atoms with Crippen molar-refractivity contribution in [2.45, 2.75) is 45.1 Å². The maximum Gasteiger partial charge on any atom is 0.129 e. The zero-order valence-electron chi connectivity index (χ0n) is 15.3. The molecule has 2 aliphatic heterocycles. The molecule has 0 radical (unpaired) electrons. The first kappa shape index (κ1) is 17.6. The number of rotatable bonds is 5. The van der Waals surface area contributed by atoms with Gasteiger partial charge in [-0.25, -0.2) is 9.97 Å². The monoisotopic (exact) mass is 333 g/mol. The summed E-state index contributed by atoms with van der Waals surface area (Å²) in [4.78, 5) is 11.8. The van der Waals surface area contributed by atoms with Crippen molar-refractivity contribution in [3.63, 3.8) is 0 Å². The van der Waals surface area contributed by atoms with Crippen LogP contribution in [0.15, 0.2) is 6.07 Å². The van der Waals surface area contributed by atoms with Crippen LogP contribution in [0.4, 0.5) is 5.82 Å². The molecule has 2 N–H and O–H groups in total. The maximum absolute atomic E-state index is 5.47. The van der Waals surface area contributed by atoms with Gasteiger partial charge in [-0.15, -0.1) is 0 Å². The van der Waals surface area contributed by atoms with Gasteiger partial charge in [0.15, 0.2) is 0 Å². The Labute approximate surface area is 145 Å². The molecule has 0 saturated carbocycles. The summed E-state index contributed by atoms with van der Waals surface area (Å²) < 4.78 is 5.47. The molecule has 0 aliphatic carbocycles. The number of ether oxygens (including phenoxy) is 1. The van der Waals surface area contributed by atoms with Crippen molar-refractivity contribution in [2.75, 3.05) is 51.3 Å². The van der Waals surface area contributed by atoms with E-state index in [0.29, 0.717) is 5.92 Å². The Bertz CT molecular complexity index is 536. The Balaban J connectivity index is 1.64. The molecule has 1 unspecified atom stereocenters. The molecule has 1 atom stereocenters. The molecule has 6 nitrogen and oxygen atoms in total. The lowest BCUT2D eigenvalue weighted by atomic mass is 9.96. The topological polar surface area (TPSA) is 62.3 Å². The normalized spacial score (nSPS) is 23.2. The lowest BCUT2D eigenvalue weighted by Gasteiger charge is -2.41. The summed E-state index contributed by atoms with van der Waals surface area (Å²) in [5, 5.41) is 7.02. The molecule has 1 aromatic rings. The van der Waals surface area contributed by atoms with Crippen LogP contribution in [0, 0.1) is 6.92 Å². The molecule has 2 aliphatic rings. The average molecular weight is 333 g/mol. The first-order valence-electron chi connectivity index (χ1n) is 9.17. The molecule has 0 aromatic carbocycles. The predicted octanol–water partition coefficient (Wildman–Crippen LogP) is 1.77. The fourth-order valence-corrected chi connectivity index (χ4v) is 3.58. The molecule has 24 heavy (non-hydrogen) atoms. The molecule has 1 aromatic heterocycles. The van der Waals surface area contributed by atoms with Crippen LogP contribution >= 0.6 is 0 Å². The van der Waals surface area contributed by atoms with Crippen molar-refractivity contribution in [3.05, 3.63) is 17.6 Å². The van der Waals surface area contributed by atoms with Crippen molar-refractivity contribution in [1.82, 2.24) is 20.2 Å². The first-order chi connectivity index (χ1) is 11.5. The molecule has 6 heteroatoms. The van der Waals surface area contributed by atoms with Gasteiger partial charge in [-0.1, -0.05) is 0 Å². The molecule has 3 heterocycles. The Hall–Kier alpha value is -1.24. The Kier molecular flexibility index (Phi) is 5.69. The summed E-state index contributed by atoms with van der Waals surface area (Å²) in [7, 11) is 0. The third kappa shape index (κ3) is 4.43. The average Bonchev–Trinajstić information content (AvgIpc) is 2.61. The van der Waals surface area contributed by atoms with E-state index in [-0.39, 0.29) is 5.54 Å². The molecule has 2 saturated heterocycles. The third-order valence-electron chi connectivity index (χ3n) is 5.14. The van der Waals surface area contributed by atoms with E-state index >= 15 is 0 Å². The number of nitrogens with one attached hydrogen (secondary N) is 2. The van der Waals surface area contributed by atoms with Gasteiger partial charge >= 0.3 is 0 Å². The number of anilines is 1. The van der Waals surface area contributed by atoms with E-state index in [9.17, 15) is 0 Å². The molecule has 0 bridgehead atoms. The van der Waals surface area contributed by atoms with Crippen LogP contribution in [0.2, 0.25) is 0 Å². The lowest BCUT2D eigenvalue weighted by molar-refractivity contribution is -0.00570. The van der Waals surface area contributed by atoms with Crippen LogP contribution in [0.25, 0.3) is 0 Å². The van der Waals surface area contributed by atoms with E-state index in [0.717, 1.165) is 57.6 Å². The van der Waals surface area contributed by atoms with Crippen LogP contribution < -0.4 is 10.6 Å². The van der Waals surface area contributed by atoms with E-state index < -0.39 is 0 Å². The second-order valence-electron chi connectivity index (χ2n) is 7.53. The van der Waals surface area contributed by atoms with E-state index in [1.165, 1.54) is 18.5 Å². The summed E-state index contributed by atoms with van der Waals surface area (Å²) in [6.45, 7) is 13.2. The zero-order chi connectivity index (χ0) is 17.0. The van der Waals surface area contributed by atoms with E-state index in [1.807, 2.05) is 6.92 Å². The third-order valence-corrected chi connectivity index (χ3v) is 5.14. The summed E-state index contributed by atoms with van der Waals surface area (Å²) in [5.74, 6) is 2.31. The Morgan fingerprint density at radius 3 is 2.83 bits per heavy atom. The summed E-state index contributed by atoms with van der Waals surface area (Å²) in [6.07, 6.45) is 2.43. The van der Waals surface area contributed by atoms with E-state index in [2.05, 4.69) is 45.4 Å². The molecule has 3 rings (SSSR count). The van der Waals surface area contributed by atoms with Crippen molar-refractivity contribution in [3.8, 4) is 0 Å². The van der Waals surface area contributed by atoms with E-state index in [1.54, 1.807) is 0 Å².